The summed E-state index contributed by atoms with van der Waals surface area (Å²) in [5.74, 6) is 1.41. The maximum absolute atomic E-state index is 5.42. The van der Waals surface area contributed by atoms with Gasteiger partial charge in [0.15, 0.2) is 0 Å². The molecule has 0 aliphatic carbocycles. The summed E-state index contributed by atoms with van der Waals surface area (Å²) in [6.07, 6.45) is 12.4. The van der Waals surface area contributed by atoms with Gasteiger partial charge in [-0.15, -0.1) is 22.7 Å². The zero-order valence-corrected chi connectivity index (χ0v) is 21.9. The molecule has 0 N–H and O–H groups in total. The van der Waals surface area contributed by atoms with Gasteiger partial charge in [-0.25, -0.2) is 9.97 Å². The third-order valence-corrected chi connectivity index (χ3v) is 9.14. The highest BCUT2D eigenvalue weighted by molar-refractivity contribution is 7.25. The van der Waals surface area contributed by atoms with E-state index in [1.807, 2.05) is 22.7 Å². The van der Waals surface area contributed by atoms with E-state index in [1.54, 1.807) is 0 Å². The number of aromatic nitrogens is 2. The predicted molar refractivity (Wildman–Crippen MR) is 144 cm³/mol. The molecule has 0 amide bonds. The summed E-state index contributed by atoms with van der Waals surface area (Å²) in [5, 5.41) is 7.01. The molecule has 2 nitrogen and oxygen atoms in total. The Balaban J connectivity index is 1.84. The first-order valence-electron chi connectivity index (χ1n) is 12.8. The molecule has 172 valence electrons. The van der Waals surface area contributed by atoms with E-state index in [0.717, 1.165) is 23.9 Å². The van der Waals surface area contributed by atoms with Gasteiger partial charge in [0.1, 0.15) is 0 Å². The van der Waals surface area contributed by atoms with Crippen molar-refractivity contribution in [3.8, 4) is 0 Å². The Morgan fingerprint density at radius 2 is 1.12 bits per heavy atom. The number of nitrogens with zero attached hydrogens (tertiary/aromatic N) is 2. The number of unbranched alkanes of at least 4 members (excludes halogenated alkanes) is 2. The van der Waals surface area contributed by atoms with Crippen molar-refractivity contribution < 1.29 is 0 Å². The van der Waals surface area contributed by atoms with Gasteiger partial charge < -0.3 is 0 Å². The Labute approximate surface area is 201 Å². The fourth-order valence-corrected chi connectivity index (χ4v) is 6.97. The molecule has 1 aromatic carbocycles. The average molecular weight is 467 g/mol. The first kappa shape index (κ1) is 23.6. The van der Waals surface area contributed by atoms with Crippen LogP contribution in [0, 0.1) is 11.8 Å². The minimum Gasteiger partial charge on any atom is -0.249 e. The van der Waals surface area contributed by atoms with Crippen LogP contribution in [-0.4, -0.2) is 9.97 Å². The summed E-state index contributed by atoms with van der Waals surface area (Å²) in [4.78, 5) is 10.8. The number of hydrogen-bond donors (Lipinski definition) is 0. The highest BCUT2D eigenvalue weighted by atomic mass is 32.1. The summed E-state index contributed by atoms with van der Waals surface area (Å²) in [7, 11) is 0. The van der Waals surface area contributed by atoms with E-state index in [9.17, 15) is 0 Å². The first-order chi connectivity index (χ1) is 15.7. The minimum absolute atomic E-state index is 0.707. The molecule has 4 aromatic rings. The lowest BCUT2D eigenvalue weighted by Gasteiger charge is -2.20. The molecule has 2 atom stereocenters. The van der Waals surface area contributed by atoms with E-state index in [2.05, 4.69) is 50.6 Å². The average Bonchev–Trinajstić information content (AvgIpc) is 3.49. The van der Waals surface area contributed by atoms with E-state index >= 15 is 0 Å². The topological polar surface area (TPSA) is 25.8 Å². The van der Waals surface area contributed by atoms with Crippen molar-refractivity contribution in [1.29, 1.82) is 0 Å². The van der Waals surface area contributed by atoms with Gasteiger partial charge in [0.25, 0.3) is 0 Å². The normalized spacial score (nSPS) is 14.0. The van der Waals surface area contributed by atoms with Crippen LogP contribution in [0.1, 0.15) is 90.4 Å². The van der Waals surface area contributed by atoms with Gasteiger partial charge in [-0.05, 0) is 47.6 Å². The molecular weight excluding hydrogens is 428 g/mol. The highest BCUT2D eigenvalue weighted by Crippen LogP contribution is 2.40. The molecule has 0 radical (unpaired) electrons. The van der Waals surface area contributed by atoms with Crippen LogP contribution in [0.15, 0.2) is 22.9 Å². The van der Waals surface area contributed by atoms with Crippen molar-refractivity contribution in [2.75, 3.05) is 0 Å². The molecule has 0 saturated carbocycles. The van der Waals surface area contributed by atoms with Crippen molar-refractivity contribution in [2.24, 2.45) is 11.8 Å². The second-order valence-electron chi connectivity index (χ2n) is 9.38. The fraction of sp³-hybridized carbons (Fsp3) is 0.571. The monoisotopic (exact) mass is 466 g/mol. The minimum atomic E-state index is 0.707. The van der Waals surface area contributed by atoms with Gasteiger partial charge in [0.05, 0.1) is 31.8 Å². The third kappa shape index (κ3) is 4.87. The summed E-state index contributed by atoms with van der Waals surface area (Å²) in [6.45, 7) is 9.28. The molecule has 3 heterocycles. The van der Waals surface area contributed by atoms with E-state index in [-0.39, 0.29) is 0 Å². The van der Waals surface area contributed by atoms with Crippen LogP contribution < -0.4 is 0 Å². The predicted octanol–water partition coefficient (Wildman–Crippen LogP) is 9.58. The van der Waals surface area contributed by atoms with Gasteiger partial charge in [-0.3, -0.25) is 0 Å². The lowest BCUT2D eigenvalue weighted by atomic mass is 9.89. The standard InChI is InChI=1S/C28H38N2S2/c1-5-9-11-19(7-3)17-23-24(18-20(8-4)12-10-6-2)30-26-22-14-16-32-28(22)27-21(13-15-31-27)25(26)29-23/h13-16,19-20H,5-12,17-18H2,1-4H3. The number of fused-ring (bicyclic) bond motifs is 6. The van der Waals surface area contributed by atoms with Gasteiger partial charge in [-0.1, -0.05) is 79.1 Å². The Hall–Kier alpha value is -1.52. The van der Waals surface area contributed by atoms with Crippen LogP contribution in [0.5, 0.6) is 0 Å². The molecule has 2 unspecified atom stereocenters. The van der Waals surface area contributed by atoms with E-state index in [0.29, 0.717) is 11.8 Å². The molecule has 0 saturated heterocycles. The van der Waals surface area contributed by atoms with Crippen molar-refractivity contribution in [3.63, 3.8) is 0 Å². The molecule has 0 aliphatic rings. The van der Waals surface area contributed by atoms with Crippen molar-refractivity contribution in [2.45, 2.75) is 91.9 Å². The number of hydrogen-bond acceptors (Lipinski definition) is 4. The SMILES string of the molecule is CCCCC(CC)Cc1nc2c3ccsc3c3sccc3c2nc1CC(CC)CCCC. The molecular formula is C28H38N2S2. The van der Waals surface area contributed by atoms with Crippen LogP contribution in [0.3, 0.4) is 0 Å². The van der Waals surface area contributed by atoms with Gasteiger partial charge in [-0.2, -0.15) is 0 Å². The molecule has 3 aromatic heterocycles. The van der Waals surface area contributed by atoms with Crippen LogP contribution in [-0.2, 0) is 12.8 Å². The van der Waals surface area contributed by atoms with Gasteiger partial charge in [0.2, 0.25) is 0 Å². The number of rotatable bonds is 12. The zero-order chi connectivity index (χ0) is 22.5. The van der Waals surface area contributed by atoms with E-state index in [1.165, 1.54) is 82.9 Å². The maximum Gasteiger partial charge on any atom is 0.0984 e. The van der Waals surface area contributed by atoms with E-state index < -0.39 is 0 Å². The largest absolute Gasteiger partial charge is 0.249 e. The molecule has 0 spiro atoms. The van der Waals surface area contributed by atoms with Gasteiger partial charge >= 0.3 is 0 Å². The lowest BCUT2D eigenvalue weighted by Crippen LogP contribution is -2.13. The fourth-order valence-electron chi connectivity index (χ4n) is 4.98. The quantitative estimate of drug-likeness (QED) is 0.208. The second-order valence-corrected chi connectivity index (χ2v) is 11.2. The molecule has 0 bridgehead atoms. The van der Waals surface area contributed by atoms with Gasteiger partial charge in [0, 0.05) is 10.8 Å². The summed E-state index contributed by atoms with van der Waals surface area (Å²) in [6, 6.07) is 4.51. The van der Waals surface area contributed by atoms with Crippen molar-refractivity contribution >= 4 is 53.9 Å². The zero-order valence-electron chi connectivity index (χ0n) is 20.2. The highest BCUT2D eigenvalue weighted by Gasteiger charge is 2.20. The Bertz CT molecular complexity index is 1070. The molecule has 0 fully saturated rings. The number of thiophene rings is 2. The van der Waals surface area contributed by atoms with E-state index in [4.69, 9.17) is 9.97 Å². The first-order valence-corrected chi connectivity index (χ1v) is 14.5. The molecule has 4 heteroatoms. The summed E-state index contributed by atoms with van der Waals surface area (Å²) < 4.78 is 2.76. The Morgan fingerprint density at radius 1 is 0.688 bits per heavy atom. The number of benzene rings is 1. The molecule has 4 rings (SSSR count). The molecule has 0 aliphatic heterocycles. The Kier molecular flexibility index (Phi) is 8.17. The molecule has 32 heavy (non-hydrogen) atoms. The van der Waals surface area contributed by atoms with Crippen LogP contribution >= 0.6 is 22.7 Å². The lowest BCUT2D eigenvalue weighted by molar-refractivity contribution is 0.427. The maximum atomic E-state index is 5.42. The van der Waals surface area contributed by atoms with Crippen molar-refractivity contribution in [1.82, 2.24) is 9.97 Å². The third-order valence-electron chi connectivity index (χ3n) is 7.15. The van der Waals surface area contributed by atoms with Crippen LogP contribution in [0.25, 0.3) is 31.2 Å². The Morgan fingerprint density at radius 3 is 1.50 bits per heavy atom. The van der Waals surface area contributed by atoms with Crippen LogP contribution in [0.2, 0.25) is 0 Å². The smallest absolute Gasteiger partial charge is 0.0984 e. The van der Waals surface area contributed by atoms with Crippen LogP contribution in [0.4, 0.5) is 0 Å². The van der Waals surface area contributed by atoms with Crippen molar-refractivity contribution in [3.05, 3.63) is 34.3 Å². The summed E-state index contributed by atoms with van der Waals surface area (Å²) >= 11 is 3.68. The summed E-state index contributed by atoms with van der Waals surface area (Å²) in [5.41, 5.74) is 4.80. The second kappa shape index (κ2) is 11.1.